The lowest BCUT2D eigenvalue weighted by Gasteiger charge is -2.07. The summed E-state index contributed by atoms with van der Waals surface area (Å²) < 4.78 is 9.79. The van der Waals surface area contributed by atoms with Crippen molar-refractivity contribution in [3.63, 3.8) is 0 Å². The quantitative estimate of drug-likeness (QED) is 0.569. The minimum absolute atomic E-state index is 0.0596. The van der Waals surface area contributed by atoms with Crippen molar-refractivity contribution < 1.29 is 23.9 Å². The van der Waals surface area contributed by atoms with Crippen molar-refractivity contribution >= 4 is 34.3 Å². The van der Waals surface area contributed by atoms with E-state index < -0.39 is 5.91 Å². The third-order valence-electron chi connectivity index (χ3n) is 3.33. The molecule has 1 aromatic rings. The molecule has 0 saturated heterocycles. The molecule has 0 aromatic carbocycles. The molecular formula is C16H20N2O5S. The molecule has 7 nitrogen and oxygen atoms in total. The first-order valence-electron chi connectivity index (χ1n) is 7.79. The van der Waals surface area contributed by atoms with Crippen LogP contribution in [0.1, 0.15) is 31.9 Å². The molecule has 1 atom stereocenters. The van der Waals surface area contributed by atoms with Crippen LogP contribution in [0.4, 0.5) is 5.13 Å². The third kappa shape index (κ3) is 6.11. The van der Waals surface area contributed by atoms with Crippen LogP contribution in [0.15, 0.2) is 17.5 Å². The van der Waals surface area contributed by atoms with E-state index in [-0.39, 0.29) is 30.9 Å². The summed E-state index contributed by atoms with van der Waals surface area (Å²) in [5.74, 6) is -0.994. The molecule has 1 heterocycles. The number of ether oxygens (including phenoxy) is 2. The molecule has 1 aliphatic rings. The van der Waals surface area contributed by atoms with Crippen LogP contribution in [0.2, 0.25) is 0 Å². The van der Waals surface area contributed by atoms with Crippen molar-refractivity contribution in [3.05, 3.63) is 23.2 Å². The Bertz CT molecular complexity index is 626. The zero-order valence-corrected chi connectivity index (χ0v) is 14.3. The van der Waals surface area contributed by atoms with Gasteiger partial charge >= 0.3 is 11.9 Å². The molecule has 0 radical (unpaired) electrons. The minimum Gasteiger partial charge on any atom is -0.466 e. The van der Waals surface area contributed by atoms with Gasteiger partial charge in [-0.3, -0.25) is 19.7 Å². The monoisotopic (exact) mass is 352 g/mol. The zero-order valence-electron chi connectivity index (χ0n) is 13.4. The van der Waals surface area contributed by atoms with E-state index >= 15 is 0 Å². The Morgan fingerprint density at radius 1 is 1.33 bits per heavy atom. The Kier molecular flexibility index (Phi) is 6.92. The number of rotatable bonds is 8. The highest BCUT2D eigenvalue weighted by Gasteiger charge is 2.16. The van der Waals surface area contributed by atoms with Crippen molar-refractivity contribution in [2.24, 2.45) is 5.92 Å². The van der Waals surface area contributed by atoms with Gasteiger partial charge in [-0.05, 0) is 25.7 Å². The number of nitrogens with one attached hydrogen (secondary N) is 1. The molecule has 130 valence electrons. The van der Waals surface area contributed by atoms with Crippen LogP contribution in [0.3, 0.4) is 0 Å². The number of esters is 2. The van der Waals surface area contributed by atoms with Crippen LogP contribution in [0.25, 0.3) is 0 Å². The van der Waals surface area contributed by atoms with Gasteiger partial charge in [0.15, 0.2) is 11.7 Å². The van der Waals surface area contributed by atoms with Crippen molar-refractivity contribution in [2.45, 2.75) is 32.6 Å². The van der Waals surface area contributed by atoms with Gasteiger partial charge in [0.25, 0.3) is 5.91 Å². The van der Waals surface area contributed by atoms with E-state index in [1.54, 1.807) is 12.3 Å². The van der Waals surface area contributed by atoms with E-state index in [4.69, 9.17) is 9.47 Å². The number of hydrogen-bond acceptors (Lipinski definition) is 7. The van der Waals surface area contributed by atoms with Gasteiger partial charge in [-0.25, -0.2) is 4.98 Å². The molecule has 0 fully saturated rings. The highest BCUT2D eigenvalue weighted by Crippen LogP contribution is 2.20. The summed E-state index contributed by atoms with van der Waals surface area (Å²) in [7, 11) is 0. The molecule has 2 rings (SSSR count). The van der Waals surface area contributed by atoms with E-state index in [0.717, 1.165) is 12.8 Å². The minimum atomic E-state index is -0.456. The maximum atomic E-state index is 11.8. The van der Waals surface area contributed by atoms with Gasteiger partial charge in [-0.15, -0.1) is 11.3 Å². The number of nitrogens with zero attached hydrogens (tertiary/aromatic N) is 1. The number of carbonyl (C=O) groups excluding carboxylic acids is 3. The molecule has 0 saturated carbocycles. The summed E-state index contributed by atoms with van der Waals surface area (Å²) in [5.41, 5.74) is 0.527. The Morgan fingerprint density at radius 3 is 2.88 bits per heavy atom. The van der Waals surface area contributed by atoms with Crippen LogP contribution < -0.4 is 5.32 Å². The topological polar surface area (TPSA) is 94.6 Å². The number of thiazole rings is 1. The molecule has 0 aliphatic heterocycles. The number of allylic oxidation sites excluding steroid dienone is 2. The van der Waals surface area contributed by atoms with Crippen LogP contribution in [-0.2, 0) is 30.3 Å². The van der Waals surface area contributed by atoms with E-state index in [9.17, 15) is 14.4 Å². The molecule has 1 aromatic heterocycles. The van der Waals surface area contributed by atoms with Crippen LogP contribution in [0, 0.1) is 5.92 Å². The van der Waals surface area contributed by atoms with Crippen LogP contribution >= 0.6 is 11.3 Å². The standard InChI is InChI=1S/C16H20N2O5S/c1-2-22-15(21)8-12-10-24-16(17-12)18-13(19)9-23-14(20)7-11-5-3-4-6-11/h3,5,10-11H,2,4,6-9H2,1H3,(H,17,18,19)/t11-/m1/s1. The van der Waals surface area contributed by atoms with Crippen molar-refractivity contribution in [2.75, 3.05) is 18.5 Å². The Hall–Kier alpha value is -2.22. The molecular weight excluding hydrogens is 332 g/mol. The molecule has 1 amide bonds. The maximum absolute atomic E-state index is 11.8. The van der Waals surface area contributed by atoms with Gasteiger partial charge in [0.2, 0.25) is 0 Å². The average Bonchev–Trinajstić information content (AvgIpc) is 3.18. The number of carbonyl (C=O) groups is 3. The normalized spacial score (nSPS) is 16.0. The molecule has 0 unspecified atom stereocenters. The number of hydrogen-bond donors (Lipinski definition) is 1. The fourth-order valence-corrected chi connectivity index (χ4v) is 2.97. The summed E-state index contributed by atoms with van der Waals surface area (Å²) in [6.07, 6.45) is 6.33. The summed E-state index contributed by atoms with van der Waals surface area (Å²) in [5, 5.41) is 4.57. The van der Waals surface area contributed by atoms with Crippen LogP contribution in [-0.4, -0.2) is 36.0 Å². The highest BCUT2D eigenvalue weighted by molar-refractivity contribution is 7.13. The summed E-state index contributed by atoms with van der Waals surface area (Å²) in [6.45, 7) is 1.70. The Labute approximate surface area is 144 Å². The van der Waals surface area contributed by atoms with Gasteiger partial charge < -0.3 is 9.47 Å². The SMILES string of the molecule is CCOC(=O)Cc1csc(NC(=O)COC(=O)C[C@@H]2C=CCC2)n1. The predicted molar refractivity (Wildman–Crippen MR) is 88.5 cm³/mol. The largest absolute Gasteiger partial charge is 0.466 e. The lowest BCUT2D eigenvalue weighted by molar-refractivity contribution is -0.148. The molecule has 1 N–H and O–H groups in total. The van der Waals surface area contributed by atoms with Crippen LogP contribution in [0.5, 0.6) is 0 Å². The maximum Gasteiger partial charge on any atom is 0.311 e. The second-order valence-electron chi connectivity index (χ2n) is 5.30. The van der Waals surface area contributed by atoms with E-state index in [1.165, 1.54) is 11.3 Å². The molecule has 24 heavy (non-hydrogen) atoms. The Balaban J connectivity index is 1.70. The number of amides is 1. The van der Waals surface area contributed by atoms with E-state index in [1.807, 2.05) is 12.2 Å². The van der Waals surface area contributed by atoms with Crippen molar-refractivity contribution in [1.29, 1.82) is 0 Å². The highest BCUT2D eigenvalue weighted by atomic mass is 32.1. The zero-order chi connectivity index (χ0) is 17.4. The van der Waals surface area contributed by atoms with E-state index in [2.05, 4.69) is 10.3 Å². The third-order valence-corrected chi connectivity index (χ3v) is 4.14. The number of anilines is 1. The van der Waals surface area contributed by atoms with Crippen molar-refractivity contribution in [3.8, 4) is 0 Å². The smallest absolute Gasteiger partial charge is 0.311 e. The predicted octanol–water partition coefficient (Wildman–Crippen LogP) is 2.09. The van der Waals surface area contributed by atoms with Gasteiger partial charge in [0.1, 0.15) is 0 Å². The molecule has 0 bridgehead atoms. The van der Waals surface area contributed by atoms with Gasteiger partial charge in [-0.2, -0.15) is 0 Å². The molecule has 8 heteroatoms. The summed E-state index contributed by atoms with van der Waals surface area (Å²) in [4.78, 5) is 38.9. The first-order chi connectivity index (χ1) is 11.6. The first-order valence-corrected chi connectivity index (χ1v) is 8.67. The van der Waals surface area contributed by atoms with E-state index in [0.29, 0.717) is 23.9 Å². The summed E-state index contributed by atoms with van der Waals surface area (Å²) >= 11 is 1.20. The fraction of sp³-hybridized carbons (Fsp3) is 0.500. The fourth-order valence-electron chi connectivity index (χ4n) is 2.25. The summed E-state index contributed by atoms with van der Waals surface area (Å²) in [6, 6.07) is 0. The van der Waals surface area contributed by atoms with Crippen molar-refractivity contribution in [1.82, 2.24) is 4.98 Å². The number of aromatic nitrogens is 1. The second kappa shape index (κ2) is 9.17. The first kappa shape index (κ1) is 18.1. The van der Waals surface area contributed by atoms with Gasteiger partial charge in [-0.1, -0.05) is 12.2 Å². The van der Waals surface area contributed by atoms with Gasteiger partial charge in [0.05, 0.1) is 25.1 Å². The van der Waals surface area contributed by atoms with Gasteiger partial charge in [0, 0.05) is 5.38 Å². The second-order valence-corrected chi connectivity index (χ2v) is 6.16. The average molecular weight is 352 g/mol. The lowest BCUT2D eigenvalue weighted by atomic mass is 10.1. The molecule has 1 aliphatic carbocycles. The Morgan fingerprint density at radius 2 is 2.17 bits per heavy atom. The lowest BCUT2D eigenvalue weighted by Crippen LogP contribution is -2.21. The molecule has 0 spiro atoms.